The first kappa shape index (κ1) is 11.1. The third-order valence-corrected chi connectivity index (χ3v) is 2.85. The lowest BCUT2D eigenvalue weighted by Gasteiger charge is -2.08. The van der Waals surface area contributed by atoms with Crippen molar-refractivity contribution in [3.8, 4) is 5.75 Å². The van der Waals surface area contributed by atoms with Crippen LogP contribution < -0.4 is 10.1 Å². The van der Waals surface area contributed by atoms with Crippen molar-refractivity contribution in [1.82, 2.24) is 0 Å². The van der Waals surface area contributed by atoms with Gasteiger partial charge in [0.1, 0.15) is 11.5 Å². The fourth-order valence-corrected chi connectivity index (χ4v) is 1.78. The van der Waals surface area contributed by atoms with Crippen molar-refractivity contribution in [2.45, 2.75) is 6.54 Å². The fourth-order valence-electron chi connectivity index (χ4n) is 1.37. The molecule has 2 rings (SSSR count). The number of halogens is 1. The van der Waals surface area contributed by atoms with Gasteiger partial charge in [0.25, 0.3) is 0 Å². The Hall–Kier alpha value is -1.42. The fraction of sp³-hybridized carbons (Fsp3) is 0.167. The Morgan fingerprint density at radius 2 is 2.25 bits per heavy atom. The minimum Gasteiger partial charge on any atom is -0.495 e. The smallest absolute Gasteiger partial charge is 0.135 e. The summed E-state index contributed by atoms with van der Waals surface area (Å²) in [6.07, 6.45) is 1.67. The summed E-state index contributed by atoms with van der Waals surface area (Å²) < 4.78 is 11.4. The molecule has 0 amide bonds. The van der Waals surface area contributed by atoms with Crippen molar-refractivity contribution < 1.29 is 9.15 Å². The van der Waals surface area contributed by atoms with E-state index in [2.05, 4.69) is 21.2 Å². The van der Waals surface area contributed by atoms with Gasteiger partial charge in [-0.25, -0.2) is 0 Å². The van der Waals surface area contributed by atoms with Crippen LogP contribution in [0.5, 0.6) is 5.75 Å². The second-order valence-corrected chi connectivity index (χ2v) is 4.14. The molecule has 1 heterocycles. The largest absolute Gasteiger partial charge is 0.495 e. The summed E-state index contributed by atoms with van der Waals surface area (Å²) in [5.74, 6) is 1.71. The molecule has 16 heavy (non-hydrogen) atoms. The standard InChI is InChI=1S/C12H12BrNO2/c1-15-12-7-9(4-5-11(12)13)14-8-10-3-2-6-16-10/h2-7,14H,8H2,1H3. The highest BCUT2D eigenvalue weighted by molar-refractivity contribution is 9.10. The van der Waals surface area contributed by atoms with Gasteiger partial charge in [0, 0.05) is 11.8 Å². The van der Waals surface area contributed by atoms with Gasteiger partial charge >= 0.3 is 0 Å². The van der Waals surface area contributed by atoms with Gasteiger partial charge in [-0.1, -0.05) is 0 Å². The van der Waals surface area contributed by atoms with Crippen LogP contribution in [-0.2, 0) is 6.54 Å². The summed E-state index contributed by atoms with van der Waals surface area (Å²) in [6, 6.07) is 9.67. The number of hydrogen-bond acceptors (Lipinski definition) is 3. The third-order valence-electron chi connectivity index (χ3n) is 2.20. The molecule has 0 aliphatic carbocycles. The van der Waals surface area contributed by atoms with Crippen LogP contribution >= 0.6 is 15.9 Å². The second-order valence-electron chi connectivity index (χ2n) is 3.28. The van der Waals surface area contributed by atoms with Gasteiger partial charge in [-0.3, -0.25) is 0 Å². The number of nitrogens with one attached hydrogen (secondary N) is 1. The van der Waals surface area contributed by atoms with E-state index >= 15 is 0 Å². The lowest BCUT2D eigenvalue weighted by atomic mass is 10.3. The molecule has 2 aromatic rings. The molecule has 0 aliphatic rings. The summed E-state index contributed by atoms with van der Waals surface area (Å²) in [5.41, 5.74) is 0.997. The van der Waals surface area contributed by atoms with E-state index in [1.807, 2.05) is 30.3 Å². The summed E-state index contributed by atoms with van der Waals surface area (Å²) in [5, 5.41) is 3.25. The second kappa shape index (κ2) is 5.07. The summed E-state index contributed by atoms with van der Waals surface area (Å²) in [7, 11) is 1.65. The summed E-state index contributed by atoms with van der Waals surface area (Å²) >= 11 is 3.41. The van der Waals surface area contributed by atoms with Crippen LogP contribution in [-0.4, -0.2) is 7.11 Å². The number of anilines is 1. The van der Waals surface area contributed by atoms with Crippen molar-refractivity contribution in [3.05, 3.63) is 46.8 Å². The van der Waals surface area contributed by atoms with Gasteiger partial charge in [-0.05, 0) is 40.2 Å². The molecule has 0 aliphatic heterocycles. The molecule has 0 spiro atoms. The highest BCUT2D eigenvalue weighted by Crippen LogP contribution is 2.27. The topological polar surface area (TPSA) is 34.4 Å². The van der Waals surface area contributed by atoms with E-state index in [-0.39, 0.29) is 0 Å². The zero-order valence-corrected chi connectivity index (χ0v) is 10.5. The lowest BCUT2D eigenvalue weighted by molar-refractivity contribution is 0.412. The Kier molecular flexibility index (Phi) is 3.51. The van der Waals surface area contributed by atoms with E-state index in [1.54, 1.807) is 13.4 Å². The Balaban J connectivity index is 2.04. The van der Waals surface area contributed by atoms with Crippen LogP contribution in [0.15, 0.2) is 45.5 Å². The van der Waals surface area contributed by atoms with E-state index in [4.69, 9.17) is 9.15 Å². The molecule has 0 atom stereocenters. The van der Waals surface area contributed by atoms with E-state index in [1.165, 1.54) is 0 Å². The van der Waals surface area contributed by atoms with Crippen molar-refractivity contribution in [3.63, 3.8) is 0 Å². The average Bonchev–Trinajstić information content (AvgIpc) is 2.81. The van der Waals surface area contributed by atoms with Crippen molar-refractivity contribution in [2.75, 3.05) is 12.4 Å². The molecule has 84 valence electrons. The normalized spacial score (nSPS) is 10.1. The Morgan fingerprint density at radius 3 is 2.94 bits per heavy atom. The Bertz CT molecular complexity index is 454. The lowest BCUT2D eigenvalue weighted by Crippen LogP contribution is -1.98. The first-order valence-electron chi connectivity index (χ1n) is 4.89. The number of benzene rings is 1. The van der Waals surface area contributed by atoms with Gasteiger partial charge in [-0.15, -0.1) is 0 Å². The Morgan fingerprint density at radius 1 is 1.38 bits per heavy atom. The molecule has 0 radical (unpaired) electrons. The Labute approximate surface area is 103 Å². The van der Waals surface area contributed by atoms with Crippen LogP contribution in [0, 0.1) is 0 Å². The highest BCUT2D eigenvalue weighted by atomic mass is 79.9. The van der Waals surface area contributed by atoms with Crippen LogP contribution in [0.25, 0.3) is 0 Å². The minimum absolute atomic E-state index is 0.664. The van der Waals surface area contributed by atoms with Crippen molar-refractivity contribution >= 4 is 21.6 Å². The number of ether oxygens (including phenoxy) is 1. The maximum atomic E-state index is 5.23. The molecule has 1 N–H and O–H groups in total. The van der Waals surface area contributed by atoms with Gasteiger partial charge < -0.3 is 14.5 Å². The van der Waals surface area contributed by atoms with Crippen molar-refractivity contribution in [1.29, 1.82) is 0 Å². The van der Waals surface area contributed by atoms with Gasteiger partial charge in [-0.2, -0.15) is 0 Å². The monoisotopic (exact) mass is 281 g/mol. The molecule has 0 saturated carbocycles. The zero-order chi connectivity index (χ0) is 11.4. The minimum atomic E-state index is 0.664. The first-order chi connectivity index (χ1) is 7.79. The number of furan rings is 1. The van der Waals surface area contributed by atoms with E-state index < -0.39 is 0 Å². The third kappa shape index (κ3) is 2.58. The summed E-state index contributed by atoms with van der Waals surface area (Å²) in [6.45, 7) is 0.664. The molecule has 0 bridgehead atoms. The highest BCUT2D eigenvalue weighted by Gasteiger charge is 2.01. The summed E-state index contributed by atoms with van der Waals surface area (Å²) in [4.78, 5) is 0. The van der Waals surface area contributed by atoms with Crippen molar-refractivity contribution in [2.24, 2.45) is 0 Å². The molecule has 0 fully saturated rings. The van der Waals surface area contributed by atoms with Crippen LogP contribution in [0.1, 0.15) is 5.76 Å². The van der Waals surface area contributed by atoms with E-state index in [0.717, 1.165) is 21.7 Å². The maximum Gasteiger partial charge on any atom is 0.135 e. The average molecular weight is 282 g/mol. The van der Waals surface area contributed by atoms with E-state index in [0.29, 0.717) is 6.54 Å². The molecule has 0 unspecified atom stereocenters. The van der Waals surface area contributed by atoms with Crippen LogP contribution in [0.4, 0.5) is 5.69 Å². The van der Waals surface area contributed by atoms with Gasteiger partial charge in [0.15, 0.2) is 0 Å². The van der Waals surface area contributed by atoms with Crippen LogP contribution in [0.3, 0.4) is 0 Å². The molecule has 4 heteroatoms. The predicted molar refractivity (Wildman–Crippen MR) is 66.7 cm³/mol. The number of methoxy groups -OCH3 is 1. The zero-order valence-electron chi connectivity index (χ0n) is 8.87. The molecule has 1 aromatic carbocycles. The first-order valence-corrected chi connectivity index (χ1v) is 5.68. The number of rotatable bonds is 4. The number of hydrogen-bond donors (Lipinski definition) is 1. The molecule has 3 nitrogen and oxygen atoms in total. The quantitative estimate of drug-likeness (QED) is 0.929. The van der Waals surface area contributed by atoms with Gasteiger partial charge in [0.05, 0.1) is 24.4 Å². The van der Waals surface area contributed by atoms with Crippen LogP contribution in [0.2, 0.25) is 0 Å². The predicted octanol–water partition coefficient (Wildman–Crippen LogP) is 3.66. The van der Waals surface area contributed by atoms with Gasteiger partial charge in [0.2, 0.25) is 0 Å². The molecular weight excluding hydrogens is 270 g/mol. The van der Waals surface area contributed by atoms with E-state index in [9.17, 15) is 0 Å². The maximum absolute atomic E-state index is 5.23. The SMILES string of the molecule is COc1cc(NCc2ccco2)ccc1Br. The molecule has 1 aromatic heterocycles. The molecular formula is C12H12BrNO2. The molecule has 0 saturated heterocycles.